The Morgan fingerprint density at radius 1 is 1.12 bits per heavy atom. The lowest BCUT2D eigenvalue weighted by molar-refractivity contribution is -0.140. The molecule has 0 N–H and O–H groups in total. The summed E-state index contributed by atoms with van der Waals surface area (Å²) in [5.41, 5.74) is 3.93. The highest BCUT2D eigenvalue weighted by Crippen LogP contribution is 2.36. The standard InChI is InChI=1S/C28H33N3O3/c1-20-9-6-14-23(17-20)34-28-25(26(29-30(28)2)21-10-4-3-5-11-21)19-31(18-24-15-8-16-33-24)27(32)22-12-7-13-22/h3-6,9-11,14,17,22,24H,7-8,12-13,15-16,18-19H2,1-2H3/t24-/m0/s1. The van der Waals surface area contributed by atoms with Crippen molar-refractivity contribution in [2.24, 2.45) is 13.0 Å². The summed E-state index contributed by atoms with van der Waals surface area (Å²) < 4.78 is 14.1. The minimum atomic E-state index is 0.0991. The lowest BCUT2D eigenvalue weighted by atomic mass is 9.84. The quantitative estimate of drug-likeness (QED) is 0.447. The predicted octanol–water partition coefficient (Wildman–Crippen LogP) is 5.50. The Morgan fingerprint density at radius 2 is 1.94 bits per heavy atom. The van der Waals surface area contributed by atoms with Crippen molar-refractivity contribution in [3.8, 4) is 22.9 Å². The number of rotatable bonds is 8. The molecule has 0 unspecified atom stereocenters. The fraction of sp³-hybridized carbons (Fsp3) is 0.429. The van der Waals surface area contributed by atoms with E-state index in [0.29, 0.717) is 19.0 Å². The van der Waals surface area contributed by atoms with Crippen molar-refractivity contribution in [1.82, 2.24) is 14.7 Å². The van der Waals surface area contributed by atoms with E-state index in [4.69, 9.17) is 14.6 Å². The van der Waals surface area contributed by atoms with Crippen molar-refractivity contribution in [2.75, 3.05) is 13.2 Å². The first-order chi connectivity index (χ1) is 16.6. The first kappa shape index (κ1) is 22.7. The number of carbonyl (C=O) groups excluding carboxylic acids is 1. The number of benzene rings is 2. The molecule has 2 aromatic carbocycles. The maximum atomic E-state index is 13.5. The van der Waals surface area contributed by atoms with E-state index in [1.807, 2.05) is 61.3 Å². The highest BCUT2D eigenvalue weighted by molar-refractivity contribution is 5.80. The molecule has 0 bridgehead atoms. The van der Waals surface area contributed by atoms with Crippen LogP contribution >= 0.6 is 0 Å². The number of nitrogens with zero attached hydrogens (tertiary/aromatic N) is 3. The van der Waals surface area contributed by atoms with Crippen LogP contribution in [-0.2, 0) is 23.1 Å². The van der Waals surface area contributed by atoms with Crippen LogP contribution in [0.1, 0.15) is 43.2 Å². The van der Waals surface area contributed by atoms with Gasteiger partial charge in [0.2, 0.25) is 11.8 Å². The molecule has 1 atom stereocenters. The number of aromatic nitrogens is 2. The van der Waals surface area contributed by atoms with E-state index in [2.05, 4.69) is 12.1 Å². The zero-order valence-corrected chi connectivity index (χ0v) is 20.1. The van der Waals surface area contributed by atoms with Crippen molar-refractivity contribution < 1.29 is 14.3 Å². The Hall–Kier alpha value is -3.12. The number of ether oxygens (including phenoxy) is 2. The molecule has 6 heteroatoms. The van der Waals surface area contributed by atoms with Gasteiger partial charge in [0.05, 0.1) is 18.2 Å². The third kappa shape index (κ3) is 4.87. The van der Waals surface area contributed by atoms with Crippen LogP contribution in [0.15, 0.2) is 54.6 Å². The highest BCUT2D eigenvalue weighted by Gasteiger charge is 2.33. The van der Waals surface area contributed by atoms with Crippen LogP contribution in [-0.4, -0.2) is 39.8 Å². The minimum Gasteiger partial charge on any atom is -0.439 e. The molecule has 6 nitrogen and oxygen atoms in total. The number of hydrogen-bond donors (Lipinski definition) is 0. The Labute approximate surface area is 201 Å². The summed E-state index contributed by atoms with van der Waals surface area (Å²) in [7, 11) is 1.90. The maximum Gasteiger partial charge on any atom is 0.226 e. The third-order valence-corrected chi connectivity index (χ3v) is 6.90. The summed E-state index contributed by atoms with van der Waals surface area (Å²) in [6.07, 6.45) is 5.24. The largest absolute Gasteiger partial charge is 0.439 e. The minimum absolute atomic E-state index is 0.0991. The number of hydrogen-bond acceptors (Lipinski definition) is 4. The zero-order valence-electron chi connectivity index (χ0n) is 20.1. The smallest absolute Gasteiger partial charge is 0.226 e. The lowest BCUT2D eigenvalue weighted by Gasteiger charge is -2.33. The molecular weight excluding hydrogens is 426 g/mol. The monoisotopic (exact) mass is 459 g/mol. The Kier molecular flexibility index (Phi) is 6.68. The van der Waals surface area contributed by atoms with Gasteiger partial charge in [-0.3, -0.25) is 4.79 Å². The van der Waals surface area contributed by atoms with Crippen molar-refractivity contribution in [2.45, 2.75) is 51.7 Å². The Morgan fingerprint density at radius 3 is 2.62 bits per heavy atom. The van der Waals surface area contributed by atoms with E-state index >= 15 is 0 Å². The van der Waals surface area contributed by atoms with Crippen molar-refractivity contribution in [1.29, 1.82) is 0 Å². The van der Waals surface area contributed by atoms with Crippen LogP contribution < -0.4 is 4.74 Å². The second kappa shape index (κ2) is 10.0. The van der Waals surface area contributed by atoms with Crippen molar-refractivity contribution >= 4 is 5.91 Å². The Balaban J connectivity index is 1.52. The van der Waals surface area contributed by atoms with Crippen LogP contribution in [0.3, 0.4) is 0 Å². The van der Waals surface area contributed by atoms with E-state index < -0.39 is 0 Å². The zero-order chi connectivity index (χ0) is 23.5. The topological polar surface area (TPSA) is 56.6 Å². The second-order valence-electron chi connectivity index (χ2n) is 9.52. The predicted molar refractivity (Wildman–Crippen MR) is 132 cm³/mol. The lowest BCUT2D eigenvalue weighted by Crippen LogP contribution is -2.42. The number of carbonyl (C=O) groups is 1. The summed E-state index contributed by atoms with van der Waals surface area (Å²) in [6.45, 7) is 3.89. The van der Waals surface area contributed by atoms with Gasteiger partial charge in [0.1, 0.15) is 11.4 Å². The molecule has 5 rings (SSSR count). The molecule has 2 heterocycles. The fourth-order valence-electron chi connectivity index (χ4n) is 4.81. The molecule has 1 aliphatic heterocycles. The van der Waals surface area contributed by atoms with Gasteiger partial charge in [0.25, 0.3) is 0 Å². The molecule has 1 saturated heterocycles. The van der Waals surface area contributed by atoms with Gasteiger partial charge in [-0.1, -0.05) is 48.9 Å². The molecule has 0 radical (unpaired) electrons. The van der Waals surface area contributed by atoms with Crippen LogP contribution in [0.25, 0.3) is 11.3 Å². The highest BCUT2D eigenvalue weighted by atomic mass is 16.5. The van der Waals surface area contributed by atoms with Gasteiger partial charge in [-0.15, -0.1) is 0 Å². The Bertz CT molecular complexity index is 1130. The third-order valence-electron chi connectivity index (χ3n) is 6.90. The molecule has 1 aromatic heterocycles. The van der Waals surface area contributed by atoms with Crippen LogP contribution in [0.2, 0.25) is 0 Å². The van der Waals surface area contributed by atoms with Gasteiger partial charge >= 0.3 is 0 Å². The summed E-state index contributed by atoms with van der Waals surface area (Å²) in [6, 6.07) is 18.1. The molecule has 34 heavy (non-hydrogen) atoms. The van der Waals surface area contributed by atoms with Crippen LogP contribution in [0.4, 0.5) is 0 Å². The molecule has 178 valence electrons. The first-order valence-corrected chi connectivity index (χ1v) is 12.3. The van der Waals surface area contributed by atoms with Crippen molar-refractivity contribution in [3.05, 3.63) is 65.7 Å². The van der Waals surface area contributed by atoms with Crippen LogP contribution in [0, 0.1) is 12.8 Å². The maximum absolute atomic E-state index is 13.5. The van der Waals surface area contributed by atoms with E-state index in [1.54, 1.807) is 4.68 Å². The second-order valence-corrected chi connectivity index (χ2v) is 9.52. The molecule has 1 aliphatic carbocycles. The molecule has 1 saturated carbocycles. The van der Waals surface area contributed by atoms with E-state index in [9.17, 15) is 4.79 Å². The van der Waals surface area contributed by atoms with Gasteiger partial charge in [0.15, 0.2) is 0 Å². The summed E-state index contributed by atoms with van der Waals surface area (Å²) >= 11 is 0. The number of amides is 1. The van der Waals surface area contributed by atoms with Gasteiger partial charge in [-0.05, 0) is 50.3 Å². The summed E-state index contributed by atoms with van der Waals surface area (Å²) in [4.78, 5) is 15.5. The summed E-state index contributed by atoms with van der Waals surface area (Å²) in [5.74, 6) is 1.79. The molecule has 2 aliphatic rings. The molecule has 2 fully saturated rings. The normalized spacial score (nSPS) is 18.0. The van der Waals surface area contributed by atoms with E-state index in [0.717, 1.165) is 66.8 Å². The van der Waals surface area contributed by atoms with Gasteiger partial charge < -0.3 is 14.4 Å². The number of aryl methyl sites for hydroxylation is 2. The average molecular weight is 460 g/mol. The molecular formula is C28H33N3O3. The molecule has 3 aromatic rings. The molecule has 0 spiro atoms. The molecule has 1 amide bonds. The SMILES string of the molecule is Cc1cccc(Oc2c(CN(C[C@@H]3CCCO3)C(=O)C3CCC3)c(-c3ccccc3)nn2C)c1. The average Bonchev–Trinajstić information content (AvgIpc) is 3.41. The van der Waals surface area contributed by atoms with Gasteiger partial charge in [-0.2, -0.15) is 5.10 Å². The summed E-state index contributed by atoms with van der Waals surface area (Å²) in [5, 5.41) is 4.85. The van der Waals surface area contributed by atoms with E-state index in [1.165, 1.54) is 0 Å². The van der Waals surface area contributed by atoms with Gasteiger partial charge in [0, 0.05) is 31.7 Å². The van der Waals surface area contributed by atoms with Crippen LogP contribution in [0.5, 0.6) is 11.6 Å². The van der Waals surface area contributed by atoms with Gasteiger partial charge in [-0.25, -0.2) is 4.68 Å². The van der Waals surface area contributed by atoms with E-state index in [-0.39, 0.29) is 17.9 Å². The van der Waals surface area contributed by atoms with Crippen molar-refractivity contribution in [3.63, 3.8) is 0 Å². The fourth-order valence-corrected chi connectivity index (χ4v) is 4.81. The first-order valence-electron chi connectivity index (χ1n) is 12.3.